The van der Waals surface area contributed by atoms with Gasteiger partial charge in [-0.3, -0.25) is 14.6 Å². The summed E-state index contributed by atoms with van der Waals surface area (Å²) < 4.78 is 18.9. The van der Waals surface area contributed by atoms with Crippen LogP contribution in [0.4, 0.5) is 0 Å². The Morgan fingerprint density at radius 2 is 2.05 bits per heavy atom. The van der Waals surface area contributed by atoms with Crippen LogP contribution in [0.25, 0.3) is 5.76 Å². The van der Waals surface area contributed by atoms with Gasteiger partial charge in [0.1, 0.15) is 24.2 Å². The van der Waals surface area contributed by atoms with Crippen molar-refractivity contribution in [3.05, 3.63) is 77.4 Å². The summed E-state index contributed by atoms with van der Waals surface area (Å²) in [7, 11) is 1.53. The number of H-pyrrole nitrogens is 1. The average molecular weight is 518 g/mol. The number of amides is 1. The van der Waals surface area contributed by atoms with Crippen molar-refractivity contribution < 1.29 is 33.5 Å². The fraction of sp³-hybridized carbons (Fsp3) is 0.345. The summed E-state index contributed by atoms with van der Waals surface area (Å²) in [5.41, 5.74) is 1.84. The molecule has 9 heteroatoms. The van der Waals surface area contributed by atoms with Crippen molar-refractivity contribution in [1.29, 1.82) is 0 Å². The van der Waals surface area contributed by atoms with Crippen LogP contribution in [-0.4, -0.2) is 47.9 Å². The van der Waals surface area contributed by atoms with Crippen LogP contribution < -0.4 is 23.9 Å². The molecule has 9 nitrogen and oxygen atoms in total. The van der Waals surface area contributed by atoms with Crippen molar-refractivity contribution >= 4 is 17.4 Å². The van der Waals surface area contributed by atoms with Crippen LogP contribution in [0.5, 0.6) is 17.2 Å². The second kappa shape index (κ2) is 10.6. The molecule has 0 radical (unpaired) electrons. The third-order valence-corrected chi connectivity index (χ3v) is 6.91. The summed E-state index contributed by atoms with van der Waals surface area (Å²) in [5.74, 6) is -0.147. The van der Waals surface area contributed by atoms with Gasteiger partial charge in [-0.2, -0.15) is 0 Å². The van der Waals surface area contributed by atoms with E-state index in [4.69, 9.17) is 14.2 Å². The number of hydrogen-bond donors (Lipinski definition) is 1. The lowest BCUT2D eigenvalue weighted by Gasteiger charge is -2.28. The van der Waals surface area contributed by atoms with Crippen LogP contribution in [0.15, 0.2) is 60.7 Å². The molecule has 2 aliphatic rings. The summed E-state index contributed by atoms with van der Waals surface area (Å²) in [6, 6.07) is 9.61. The van der Waals surface area contributed by atoms with E-state index in [1.165, 1.54) is 12.0 Å². The van der Waals surface area contributed by atoms with Gasteiger partial charge in [-0.15, -0.1) is 0 Å². The molecule has 1 saturated heterocycles. The maximum absolute atomic E-state index is 13.9. The van der Waals surface area contributed by atoms with Crippen molar-refractivity contribution in [1.82, 2.24) is 9.88 Å². The Balaban J connectivity index is 1.56. The van der Waals surface area contributed by atoms with E-state index in [9.17, 15) is 14.7 Å². The molecule has 0 saturated carbocycles. The van der Waals surface area contributed by atoms with Gasteiger partial charge < -0.3 is 24.2 Å². The summed E-state index contributed by atoms with van der Waals surface area (Å²) in [6.45, 7) is 5.24. The van der Waals surface area contributed by atoms with Gasteiger partial charge in [-0.1, -0.05) is 17.9 Å². The topological polar surface area (TPSA) is 108 Å². The molecule has 1 N–H and O–H groups in total. The standard InChI is InChI=1S/C29H31N3O6/c1-4-37-23-9-6-19(16-24(23)36-3)26-25(27(33)20-7-8-22-21(15-20)14-18(2)38-22)28(34)29(35)32(26)12-5-11-31-13-10-30-17-31/h6-10,13,15-18,26H,4-5,11-12,14H2,1-3H3,(H,33,34). The van der Waals surface area contributed by atoms with Gasteiger partial charge in [-0.25, -0.2) is 4.57 Å². The quantitative estimate of drug-likeness (QED) is 0.202. The second-order valence-electron chi connectivity index (χ2n) is 9.47. The summed E-state index contributed by atoms with van der Waals surface area (Å²) in [4.78, 5) is 31.2. The average Bonchev–Trinajstić information content (AvgIpc) is 3.62. The van der Waals surface area contributed by atoms with Crippen LogP contribution >= 0.6 is 0 Å². The van der Waals surface area contributed by atoms with Gasteiger partial charge in [0.05, 0.1) is 26.3 Å². The molecule has 38 heavy (non-hydrogen) atoms. The van der Waals surface area contributed by atoms with Crippen molar-refractivity contribution in [2.24, 2.45) is 0 Å². The minimum atomic E-state index is -0.841. The Bertz CT molecular complexity index is 1380. The lowest BCUT2D eigenvalue weighted by atomic mass is 9.94. The molecular weight excluding hydrogens is 486 g/mol. The van der Waals surface area contributed by atoms with Crippen molar-refractivity contribution in [2.45, 2.75) is 45.4 Å². The number of ketones is 1. The number of imidazole rings is 1. The molecule has 1 fully saturated rings. The number of nitrogens with zero attached hydrogens (tertiary/aromatic N) is 2. The first kappa shape index (κ1) is 25.4. The Morgan fingerprint density at radius 3 is 2.79 bits per heavy atom. The predicted octanol–water partition coefficient (Wildman–Crippen LogP) is 2.35. The third kappa shape index (κ3) is 4.71. The van der Waals surface area contributed by atoms with Gasteiger partial charge >= 0.3 is 0 Å². The van der Waals surface area contributed by atoms with Crippen molar-refractivity contribution in [3.63, 3.8) is 0 Å². The predicted molar refractivity (Wildman–Crippen MR) is 136 cm³/mol. The number of nitrogens with one attached hydrogen (secondary N) is 1. The smallest absolute Gasteiger partial charge is 0.295 e. The zero-order valence-electron chi connectivity index (χ0n) is 21.7. The van der Waals surface area contributed by atoms with E-state index in [1.54, 1.807) is 36.4 Å². The molecule has 3 aromatic rings. The van der Waals surface area contributed by atoms with Crippen LogP contribution in [0, 0.1) is 0 Å². The molecular formula is C29H31N3O6. The molecule has 2 aromatic carbocycles. The lowest BCUT2D eigenvalue weighted by molar-refractivity contribution is -0.695. The molecule has 2 atom stereocenters. The van der Waals surface area contributed by atoms with Crippen LogP contribution in [0.2, 0.25) is 0 Å². The molecule has 0 bridgehead atoms. The molecule has 1 amide bonds. The van der Waals surface area contributed by atoms with Crippen LogP contribution in [-0.2, 0) is 22.6 Å². The molecule has 3 heterocycles. The number of aromatic amines is 1. The SMILES string of the molecule is CCOc1ccc(C2C(=C([O-])c3ccc4c(c3)CC(C)O4)C(=O)C(=O)N2CCC[n+]2cc[nH]c2)cc1OC. The summed E-state index contributed by atoms with van der Waals surface area (Å²) in [5, 5.41) is 13.9. The number of benzene rings is 2. The number of methoxy groups -OCH3 is 1. The Morgan fingerprint density at radius 1 is 1.21 bits per heavy atom. The number of Topliss-reactive ketones (excluding diaryl/α,β-unsaturated/α-hetero) is 1. The number of rotatable bonds is 9. The Kier molecular flexibility index (Phi) is 7.09. The zero-order valence-corrected chi connectivity index (χ0v) is 21.7. The van der Waals surface area contributed by atoms with Gasteiger partial charge in [0.25, 0.3) is 5.91 Å². The fourth-order valence-corrected chi connectivity index (χ4v) is 5.18. The van der Waals surface area contributed by atoms with E-state index in [2.05, 4.69) is 4.98 Å². The highest BCUT2D eigenvalue weighted by molar-refractivity contribution is 6.46. The first-order valence-electron chi connectivity index (χ1n) is 12.8. The van der Waals surface area contributed by atoms with Gasteiger partial charge in [0, 0.05) is 25.0 Å². The monoisotopic (exact) mass is 517 g/mol. The highest BCUT2D eigenvalue weighted by Crippen LogP contribution is 2.42. The highest BCUT2D eigenvalue weighted by Gasteiger charge is 2.44. The van der Waals surface area contributed by atoms with Crippen molar-refractivity contribution in [3.8, 4) is 17.2 Å². The maximum Gasteiger partial charge on any atom is 0.295 e. The summed E-state index contributed by atoms with van der Waals surface area (Å²) in [6.07, 6.45) is 6.83. The minimum absolute atomic E-state index is 0.0233. The van der Waals surface area contributed by atoms with Gasteiger partial charge in [-0.05, 0) is 54.8 Å². The fourth-order valence-electron chi connectivity index (χ4n) is 5.18. The van der Waals surface area contributed by atoms with E-state index in [-0.39, 0.29) is 11.7 Å². The molecule has 2 aliphatic heterocycles. The largest absolute Gasteiger partial charge is 0.872 e. The third-order valence-electron chi connectivity index (χ3n) is 6.91. The number of aromatic nitrogens is 2. The highest BCUT2D eigenvalue weighted by atomic mass is 16.5. The zero-order chi connectivity index (χ0) is 26.8. The lowest BCUT2D eigenvalue weighted by Crippen LogP contribution is -2.36. The Hall–Kier alpha value is -4.27. The molecule has 2 unspecified atom stereocenters. The van der Waals surface area contributed by atoms with E-state index >= 15 is 0 Å². The van der Waals surface area contributed by atoms with E-state index in [0.29, 0.717) is 55.2 Å². The number of carbonyl (C=O) groups is 2. The molecule has 5 rings (SSSR count). The molecule has 0 aliphatic carbocycles. The van der Waals surface area contributed by atoms with E-state index in [0.717, 1.165) is 11.3 Å². The Labute approximate surface area is 221 Å². The van der Waals surface area contributed by atoms with Gasteiger partial charge in [0.15, 0.2) is 11.5 Å². The molecule has 198 valence electrons. The number of hydrogen-bond acceptors (Lipinski definition) is 6. The second-order valence-corrected chi connectivity index (χ2v) is 9.47. The first-order valence-corrected chi connectivity index (χ1v) is 12.8. The van der Waals surface area contributed by atoms with E-state index < -0.39 is 23.5 Å². The van der Waals surface area contributed by atoms with Crippen LogP contribution in [0.3, 0.4) is 0 Å². The normalized spacial score (nSPS) is 19.9. The summed E-state index contributed by atoms with van der Waals surface area (Å²) >= 11 is 0. The molecule has 0 spiro atoms. The maximum atomic E-state index is 13.9. The number of carbonyl (C=O) groups excluding carboxylic acids is 2. The number of likely N-dealkylation sites (tertiary alicyclic amines) is 1. The number of aryl methyl sites for hydroxylation is 1. The van der Waals surface area contributed by atoms with Crippen LogP contribution in [0.1, 0.15) is 43.0 Å². The first-order chi connectivity index (χ1) is 18.4. The minimum Gasteiger partial charge on any atom is -0.872 e. The molecule has 1 aromatic heterocycles. The van der Waals surface area contributed by atoms with Crippen molar-refractivity contribution in [2.75, 3.05) is 20.3 Å². The number of ether oxygens (including phenoxy) is 3. The van der Waals surface area contributed by atoms with Gasteiger partial charge in [0.2, 0.25) is 12.1 Å². The van der Waals surface area contributed by atoms with E-state index in [1.807, 2.05) is 37.1 Å². The number of fused-ring (bicyclic) bond motifs is 1.